The number of aryl methyl sites for hydroxylation is 1. The Kier molecular flexibility index (Phi) is 4.14. The molecule has 1 aliphatic rings. The summed E-state index contributed by atoms with van der Waals surface area (Å²) in [4.78, 5) is 29.3. The van der Waals surface area contributed by atoms with Crippen molar-refractivity contribution in [1.82, 2.24) is 15.2 Å². The highest BCUT2D eigenvalue weighted by Crippen LogP contribution is 2.17. The lowest BCUT2D eigenvalue weighted by molar-refractivity contribution is 0.0947. The van der Waals surface area contributed by atoms with Crippen molar-refractivity contribution in [2.75, 3.05) is 19.6 Å². The van der Waals surface area contributed by atoms with E-state index in [1.54, 1.807) is 11.1 Å². The van der Waals surface area contributed by atoms with Crippen LogP contribution in [0.15, 0.2) is 30.5 Å². The number of hydrogen-bond donors (Lipinski definition) is 2. The zero-order valence-corrected chi connectivity index (χ0v) is 13.1. The van der Waals surface area contributed by atoms with E-state index < -0.39 is 6.03 Å². The van der Waals surface area contributed by atoms with Crippen molar-refractivity contribution >= 4 is 22.8 Å². The van der Waals surface area contributed by atoms with E-state index in [4.69, 9.17) is 5.73 Å². The number of nitrogens with one attached hydrogen (secondary N) is 1. The molecule has 1 fully saturated rings. The van der Waals surface area contributed by atoms with E-state index >= 15 is 0 Å². The van der Waals surface area contributed by atoms with Crippen LogP contribution in [0.4, 0.5) is 4.79 Å². The molecule has 0 spiro atoms. The van der Waals surface area contributed by atoms with Crippen LogP contribution in [0.5, 0.6) is 0 Å². The van der Waals surface area contributed by atoms with E-state index in [9.17, 15) is 9.59 Å². The predicted molar refractivity (Wildman–Crippen MR) is 88.1 cm³/mol. The van der Waals surface area contributed by atoms with Gasteiger partial charge >= 0.3 is 6.03 Å². The van der Waals surface area contributed by atoms with Crippen LogP contribution in [0.2, 0.25) is 0 Å². The Morgan fingerprint density at radius 1 is 1.39 bits per heavy atom. The lowest BCUT2D eigenvalue weighted by Gasteiger charge is -2.14. The molecule has 0 bridgehead atoms. The van der Waals surface area contributed by atoms with Gasteiger partial charge in [0.05, 0.1) is 11.1 Å². The second kappa shape index (κ2) is 6.24. The van der Waals surface area contributed by atoms with Crippen molar-refractivity contribution in [2.45, 2.75) is 13.3 Å². The SMILES string of the molecule is Cc1ccc2ncc(C(=O)NCC3CCN(C(N)=O)C3)cc2c1. The first-order chi connectivity index (χ1) is 11.0. The molecule has 2 aromatic rings. The molecule has 3 N–H and O–H groups in total. The number of benzene rings is 1. The fourth-order valence-electron chi connectivity index (χ4n) is 2.91. The van der Waals surface area contributed by atoms with E-state index in [0.717, 1.165) is 22.9 Å². The first-order valence-corrected chi connectivity index (χ1v) is 7.72. The van der Waals surface area contributed by atoms with Gasteiger partial charge in [0.1, 0.15) is 0 Å². The lowest BCUT2D eigenvalue weighted by Crippen LogP contribution is -2.35. The fraction of sp³-hybridized carbons (Fsp3) is 0.353. The molecule has 1 saturated heterocycles. The average Bonchev–Trinajstić information content (AvgIpc) is 3.01. The summed E-state index contributed by atoms with van der Waals surface area (Å²) < 4.78 is 0. The normalized spacial score (nSPS) is 17.4. The average molecular weight is 312 g/mol. The number of carbonyl (C=O) groups is 2. The first kappa shape index (κ1) is 15.3. The van der Waals surface area contributed by atoms with Gasteiger partial charge in [-0.25, -0.2) is 4.79 Å². The van der Waals surface area contributed by atoms with E-state index in [0.29, 0.717) is 25.2 Å². The minimum absolute atomic E-state index is 0.140. The van der Waals surface area contributed by atoms with Crippen molar-refractivity contribution in [1.29, 1.82) is 0 Å². The number of rotatable bonds is 3. The van der Waals surface area contributed by atoms with Crippen molar-refractivity contribution in [3.8, 4) is 0 Å². The quantitative estimate of drug-likeness (QED) is 0.903. The lowest BCUT2D eigenvalue weighted by atomic mass is 10.1. The number of urea groups is 1. The van der Waals surface area contributed by atoms with E-state index in [1.807, 2.05) is 31.2 Å². The second-order valence-corrected chi connectivity index (χ2v) is 6.07. The summed E-state index contributed by atoms with van der Waals surface area (Å²) in [5, 5.41) is 3.88. The number of primary amides is 1. The number of likely N-dealkylation sites (tertiary alicyclic amines) is 1. The van der Waals surface area contributed by atoms with E-state index in [1.165, 1.54) is 0 Å². The summed E-state index contributed by atoms with van der Waals surface area (Å²) in [5.41, 5.74) is 7.82. The van der Waals surface area contributed by atoms with Gasteiger partial charge in [0.2, 0.25) is 0 Å². The van der Waals surface area contributed by atoms with Gasteiger partial charge in [0, 0.05) is 31.2 Å². The Balaban J connectivity index is 1.63. The van der Waals surface area contributed by atoms with Gasteiger partial charge in [-0.2, -0.15) is 0 Å². The topological polar surface area (TPSA) is 88.3 Å². The monoisotopic (exact) mass is 312 g/mol. The van der Waals surface area contributed by atoms with Crippen LogP contribution in [0.25, 0.3) is 10.9 Å². The Morgan fingerprint density at radius 3 is 2.96 bits per heavy atom. The zero-order valence-electron chi connectivity index (χ0n) is 13.1. The number of fused-ring (bicyclic) bond motifs is 1. The smallest absolute Gasteiger partial charge is 0.314 e. The first-order valence-electron chi connectivity index (χ1n) is 7.72. The van der Waals surface area contributed by atoms with E-state index in [2.05, 4.69) is 10.3 Å². The molecular weight excluding hydrogens is 292 g/mol. The van der Waals surface area contributed by atoms with Gasteiger partial charge in [-0.1, -0.05) is 11.6 Å². The summed E-state index contributed by atoms with van der Waals surface area (Å²) in [6.07, 6.45) is 2.45. The maximum absolute atomic E-state index is 12.3. The predicted octanol–water partition coefficient (Wildman–Crippen LogP) is 1.67. The van der Waals surface area contributed by atoms with Crippen molar-refractivity contribution in [3.63, 3.8) is 0 Å². The number of aromatic nitrogens is 1. The minimum Gasteiger partial charge on any atom is -0.352 e. The van der Waals surface area contributed by atoms with Crippen molar-refractivity contribution in [2.24, 2.45) is 11.7 Å². The van der Waals surface area contributed by atoms with Crippen LogP contribution >= 0.6 is 0 Å². The summed E-state index contributed by atoms with van der Waals surface area (Å²) in [5.74, 6) is 0.112. The molecule has 6 heteroatoms. The molecule has 6 nitrogen and oxygen atoms in total. The fourth-order valence-corrected chi connectivity index (χ4v) is 2.91. The molecule has 0 aliphatic carbocycles. The van der Waals surface area contributed by atoms with Crippen LogP contribution in [0.1, 0.15) is 22.3 Å². The Hall–Kier alpha value is -2.63. The van der Waals surface area contributed by atoms with Gasteiger partial charge in [-0.3, -0.25) is 9.78 Å². The van der Waals surface area contributed by atoms with Gasteiger partial charge in [0.25, 0.3) is 5.91 Å². The van der Waals surface area contributed by atoms with Crippen LogP contribution in [0.3, 0.4) is 0 Å². The molecular formula is C17H20N4O2. The van der Waals surface area contributed by atoms with Gasteiger partial charge in [-0.15, -0.1) is 0 Å². The molecule has 0 radical (unpaired) electrons. The third-order valence-electron chi connectivity index (χ3n) is 4.25. The molecule has 120 valence electrons. The third kappa shape index (κ3) is 3.41. The van der Waals surface area contributed by atoms with Gasteiger partial charge in [0.15, 0.2) is 0 Å². The molecule has 1 aromatic carbocycles. The highest BCUT2D eigenvalue weighted by molar-refractivity contribution is 5.97. The summed E-state index contributed by atoms with van der Waals surface area (Å²) in [7, 11) is 0. The number of hydrogen-bond acceptors (Lipinski definition) is 3. The second-order valence-electron chi connectivity index (χ2n) is 6.07. The number of amides is 3. The molecule has 3 amide bonds. The van der Waals surface area contributed by atoms with Crippen molar-refractivity contribution in [3.05, 3.63) is 41.6 Å². The molecule has 1 aromatic heterocycles. The standard InChI is InChI=1S/C17H20N4O2/c1-11-2-3-15-13(6-11)7-14(9-19-15)16(22)20-8-12-4-5-21(10-12)17(18)23/h2-3,6-7,9,12H,4-5,8,10H2,1H3,(H2,18,23)(H,20,22). The number of nitrogens with zero attached hydrogens (tertiary/aromatic N) is 2. The molecule has 23 heavy (non-hydrogen) atoms. The molecule has 1 aliphatic heterocycles. The molecule has 1 atom stereocenters. The summed E-state index contributed by atoms with van der Waals surface area (Å²) in [6.45, 7) is 3.81. The molecule has 1 unspecified atom stereocenters. The molecule has 2 heterocycles. The van der Waals surface area contributed by atoms with Crippen molar-refractivity contribution < 1.29 is 9.59 Å². The third-order valence-corrected chi connectivity index (χ3v) is 4.25. The van der Waals surface area contributed by atoms with Gasteiger partial charge < -0.3 is 16.0 Å². The Morgan fingerprint density at radius 2 is 2.22 bits per heavy atom. The van der Waals surface area contributed by atoms with Crippen LogP contribution in [-0.2, 0) is 0 Å². The van der Waals surface area contributed by atoms with E-state index in [-0.39, 0.29) is 11.8 Å². The highest BCUT2D eigenvalue weighted by Gasteiger charge is 2.25. The number of nitrogens with two attached hydrogens (primary N) is 1. The molecule has 0 saturated carbocycles. The summed E-state index contributed by atoms with van der Waals surface area (Å²) >= 11 is 0. The zero-order chi connectivity index (χ0) is 16.4. The minimum atomic E-state index is -0.395. The maximum Gasteiger partial charge on any atom is 0.314 e. The van der Waals surface area contributed by atoms with Crippen LogP contribution < -0.4 is 11.1 Å². The summed E-state index contributed by atoms with van der Waals surface area (Å²) in [6, 6.07) is 7.42. The Labute approximate surface area is 134 Å². The molecule has 3 rings (SSSR count). The number of pyridine rings is 1. The Bertz CT molecular complexity index is 759. The largest absolute Gasteiger partial charge is 0.352 e. The highest BCUT2D eigenvalue weighted by atomic mass is 16.2. The van der Waals surface area contributed by atoms with Crippen LogP contribution in [0, 0.1) is 12.8 Å². The van der Waals surface area contributed by atoms with Gasteiger partial charge in [-0.05, 0) is 37.5 Å². The maximum atomic E-state index is 12.3. The van der Waals surface area contributed by atoms with Crippen LogP contribution in [-0.4, -0.2) is 41.5 Å². The number of carbonyl (C=O) groups excluding carboxylic acids is 2.